The van der Waals surface area contributed by atoms with Crippen LogP contribution in [0.1, 0.15) is 0 Å². The Morgan fingerprint density at radius 3 is 0.810 bits per heavy atom. The first-order valence-electron chi connectivity index (χ1n) is 19.3. The van der Waals surface area contributed by atoms with Gasteiger partial charge in [-0.25, -0.2) is 28.2 Å². The normalized spacial score (nSPS) is 13.7. The van der Waals surface area contributed by atoms with Gasteiger partial charge in [-0.1, -0.05) is 60.7 Å². The van der Waals surface area contributed by atoms with Gasteiger partial charge in [0.25, 0.3) is 0 Å². The molecule has 0 aliphatic rings. The van der Waals surface area contributed by atoms with Crippen molar-refractivity contribution < 1.29 is 0 Å². The molecule has 0 bridgehead atoms. The molecule has 4 aromatic rings. The molecule has 0 atom stereocenters. The Bertz CT molecular complexity index is 2070. The predicted molar refractivity (Wildman–Crippen MR) is 260 cm³/mol. The lowest BCUT2D eigenvalue weighted by Crippen LogP contribution is -2.32. The van der Waals surface area contributed by atoms with Crippen LogP contribution in [0.3, 0.4) is 0 Å². The summed E-state index contributed by atoms with van der Waals surface area (Å²) < 4.78 is 46.3. The number of fused-ring (bicyclic) bond motifs is 2. The molecule has 0 saturated heterocycles. The van der Waals surface area contributed by atoms with E-state index in [-0.39, 0.29) is 0 Å². The molecule has 0 radical (unpaired) electrons. The van der Waals surface area contributed by atoms with E-state index in [2.05, 4.69) is 260 Å². The van der Waals surface area contributed by atoms with Gasteiger partial charge in [0.15, 0.2) is 15.0 Å². The molecule has 322 valence electrons. The van der Waals surface area contributed by atoms with Crippen LogP contribution in [0.5, 0.6) is 0 Å². The maximum atomic E-state index is 5.96. The summed E-state index contributed by atoms with van der Waals surface area (Å²) in [5, 5.41) is 4.47. The number of nitrogens with zero attached hydrogens (tertiary/aromatic N) is 14. The summed E-state index contributed by atoms with van der Waals surface area (Å²) in [7, 11) is 31.9. The first kappa shape index (κ1) is 48.6. The highest BCUT2D eigenvalue weighted by Crippen LogP contribution is 2.71. The molecule has 0 amide bonds. The molecule has 0 aliphatic heterocycles. The molecule has 0 unspecified atom stereocenters. The molecule has 14 nitrogen and oxygen atoms in total. The Hall–Kier alpha value is -2.08. The molecule has 4 aromatic carbocycles. The Morgan fingerprint density at radius 2 is 0.569 bits per heavy atom. The minimum atomic E-state index is -2.81. The van der Waals surface area contributed by atoms with Gasteiger partial charge in [0, 0.05) is 11.1 Å². The maximum absolute atomic E-state index is 5.96. The molecule has 0 spiro atoms. The van der Waals surface area contributed by atoms with E-state index in [1.165, 1.54) is 0 Å². The third-order valence-corrected chi connectivity index (χ3v) is 25.9. The topological polar surface area (TPSA) is 81.8 Å². The van der Waals surface area contributed by atoms with Crippen LogP contribution in [0.15, 0.2) is 91.3 Å². The number of rotatable bonds is 15. The Kier molecular flexibility index (Phi) is 15.8. The Balaban J connectivity index is 2.44. The number of benzene rings is 4. The van der Waals surface area contributed by atoms with Gasteiger partial charge < -0.3 is 0 Å². The average molecular weight is 873 g/mol. The molecule has 0 aromatic heterocycles. The van der Waals surface area contributed by atoms with Gasteiger partial charge in [-0.15, -0.1) is 0 Å². The zero-order chi connectivity index (χ0) is 43.7. The van der Waals surface area contributed by atoms with Gasteiger partial charge in [0.05, 0.1) is 11.4 Å². The van der Waals surface area contributed by atoms with Gasteiger partial charge in [-0.05, 0) is 175 Å². The van der Waals surface area contributed by atoms with Crippen LogP contribution < -0.4 is 0 Å². The van der Waals surface area contributed by atoms with Gasteiger partial charge >= 0.3 is 0 Å². The van der Waals surface area contributed by atoms with Crippen molar-refractivity contribution in [2.24, 2.45) is 18.5 Å². The largest absolute Gasteiger partial charge is 0.252 e. The summed E-state index contributed by atoms with van der Waals surface area (Å²) in [4.78, 5) is 0. The molecule has 0 fully saturated rings. The van der Waals surface area contributed by atoms with Crippen molar-refractivity contribution in [3.63, 3.8) is 0 Å². The monoisotopic (exact) mass is 873 g/mol. The molecule has 58 heavy (non-hydrogen) atoms. The Labute approximate surface area is 351 Å². The van der Waals surface area contributed by atoms with Crippen LogP contribution in [0.2, 0.25) is 0 Å². The van der Waals surface area contributed by atoms with Crippen molar-refractivity contribution in [3.05, 3.63) is 72.8 Å². The smallest absolute Gasteiger partial charge is 0.217 e. The highest BCUT2D eigenvalue weighted by Gasteiger charge is 2.38. The van der Waals surface area contributed by atoms with Gasteiger partial charge in [-0.3, -0.25) is 28.0 Å². The van der Waals surface area contributed by atoms with Crippen LogP contribution in [0.25, 0.3) is 32.7 Å². The maximum Gasteiger partial charge on any atom is 0.217 e. The molecule has 18 heteroatoms. The second-order valence-electron chi connectivity index (χ2n) is 16.4. The molecular weight excluding hydrogens is 800 g/mol. The van der Waals surface area contributed by atoms with Crippen molar-refractivity contribution in [1.29, 1.82) is 0 Å². The summed E-state index contributed by atoms with van der Waals surface area (Å²) in [6, 6.07) is 26.0. The minimum absolute atomic E-state index is 0.868. The van der Waals surface area contributed by atoms with E-state index in [0.29, 0.717) is 0 Å². The standard InChI is InChI=1S/C40H72N14P4/c1-45(2)55(46(3)4,43-57(49(9)10,50(11)12)51(13)14)41-37-31-29-33-25-21-23-27-35(33)39(37)40-36-28-24-22-26-34(36)30-32-38(40)42-56(47(5)6,48(7)8)44-58(52(15)16,53(17)18)54(19)20/h21-32H,1-20H3. The van der Waals surface area contributed by atoms with Crippen LogP contribution in [0.4, 0.5) is 11.4 Å². The van der Waals surface area contributed by atoms with Crippen molar-refractivity contribution in [3.8, 4) is 11.1 Å². The molecule has 0 aliphatic carbocycles. The molecule has 0 saturated carbocycles. The summed E-state index contributed by atoms with van der Waals surface area (Å²) in [6.45, 7) is 0. The van der Waals surface area contributed by atoms with E-state index in [0.717, 1.165) is 44.0 Å². The SMILES string of the molecule is CN(C)P(=Nc1ccc2ccccc2c1-c1c(N=P(N=P(N(C)C)(N(C)C)N(C)C)(N(C)C)N(C)C)ccc2ccccc12)(N=P(N(C)C)(N(C)C)N(C)C)N(C)C. The zero-order valence-corrected chi connectivity index (χ0v) is 42.6. The van der Waals surface area contributed by atoms with Gasteiger partial charge in [0.2, 0.25) is 15.0 Å². The molecular formula is C40H72N14P4. The lowest BCUT2D eigenvalue weighted by atomic mass is 9.91. The second-order valence-corrected chi connectivity index (χ2v) is 30.5. The third kappa shape index (κ3) is 8.68. The number of hydrogen-bond acceptors (Lipinski definition) is 2. The molecule has 0 heterocycles. The second kappa shape index (κ2) is 18.9. The first-order chi connectivity index (χ1) is 27.0. The molecule has 4 rings (SSSR count). The van der Waals surface area contributed by atoms with E-state index < -0.39 is 30.0 Å². The van der Waals surface area contributed by atoms with E-state index in [1.54, 1.807) is 0 Å². The fourth-order valence-corrected chi connectivity index (χ4v) is 24.5. The van der Waals surface area contributed by atoms with Gasteiger partial charge in [0.1, 0.15) is 0 Å². The minimum Gasteiger partial charge on any atom is -0.252 e. The summed E-state index contributed by atoms with van der Waals surface area (Å²) in [6.07, 6.45) is 0. The lowest BCUT2D eigenvalue weighted by molar-refractivity contribution is 0.472. The third-order valence-electron chi connectivity index (χ3n) is 10.4. The van der Waals surface area contributed by atoms with E-state index in [1.807, 2.05) is 0 Å². The highest BCUT2D eigenvalue weighted by atomic mass is 31.2. The Morgan fingerprint density at radius 1 is 0.310 bits per heavy atom. The van der Waals surface area contributed by atoms with E-state index >= 15 is 0 Å². The highest BCUT2D eigenvalue weighted by molar-refractivity contribution is 7.71. The van der Waals surface area contributed by atoms with Crippen LogP contribution >= 0.6 is 30.0 Å². The van der Waals surface area contributed by atoms with Crippen molar-refractivity contribution in [2.75, 3.05) is 141 Å². The fraction of sp³-hybridized carbons (Fsp3) is 0.500. The zero-order valence-electron chi connectivity index (χ0n) is 39.0. The fourth-order valence-electron chi connectivity index (χ4n) is 7.88. The van der Waals surface area contributed by atoms with E-state index in [4.69, 9.17) is 18.5 Å². The quantitative estimate of drug-likeness (QED) is 0.108. The van der Waals surface area contributed by atoms with E-state index in [9.17, 15) is 0 Å². The summed E-state index contributed by atoms with van der Waals surface area (Å²) >= 11 is 0. The van der Waals surface area contributed by atoms with Crippen LogP contribution in [0, 0.1) is 0 Å². The van der Waals surface area contributed by atoms with Crippen molar-refractivity contribution >= 4 is 62.9 Å². The molecule has 0 N–H and O–H groups in total. The first-order valence-corrected chi connectivity index (χ1v) is 25.7. The average Bonchev–Trinajstić information content (AvgIpc) is 3.13. The van der Waals surface area contributed by atoms with Crippen LogP contribution in [-0.2, 0) is 0 Å². The predicted octanol–water partition coefficient (Wildman–Crippen LogP) is 10.3. The van der Waals surface area contributed by atoms with Crippen LogP contribution in [-0.4, -0.2) is 188 Å². The summed E-state index contributed by atoms with van der Waals surface area (Å²) in [5.41, 5.74) is 3.80. The summed E-state index contributed by atoms with van der Waals surface area (Å²) in [5.74, 6) is 0. The van der Waals surface area contributed by atoms with Gasteiger partial charge in [-0.2, -0.15) is 9.03 Å². The van der Waals surface area contributed by atoms with Crippen molar-refractivity contribution in [2.45, 2.75) is 0 Å². The lowest BCUT2D eigenvalue weighted by Gasteiger charge is -2.44. The van der Waals surface area contributed by atoms with Crippen molar-refractivity contribution in [1.82, 2.24) is 46.7 Å². The number of hydrogen-bond donors (Lipinski definition) is 0.